The van der Waals surface area contributed by atoms with Crippen molar-refractivity contribution in [2.45, 2.75) is 38.5 Å². The monoisotopic (exact) mass is 716 g/mol. The van der Waals surface area contributed by atoms with Crippen LogP contribution in [0.25, 0.3) is 88.8 Å². The molecule has 0 fully saturated rings. The van der Waals surface area contributed by atoms with E-state index in [0.717, 1.165) is 39.3 Å². The van der Waals surface area contributed by atoms with Crippen molar-refractivity contribution in [1.29, 1.82) is 0 Å². The van der Waals surface area contributed by atoms with Crippen molar-refractivity contribution in [3.8, 4) is 67.3 Å². The first-order chi connectivity index (χ1) is 27.3. The summed E-state index contributed by atoms with van der Waals surface area (Å²) in [6, 6.07) is 62.1. The van der Waals surface area contributed by atoms with Gasteiger partial charge in [-0.25, -0.2) is 9.97 Å². The summed E-state index contributed by atoms with van der Waals surface area (Å²) < 4.78 is 0. The Morgan fingerprint density at radius 3 is 1.59 bits per heavy atom. The van der Waals surface area contributed by atoms with E-state index in [9.17, 15) is 0 Å². The average molecular weight is 717 g/mol. The largest absolute Gasteiger partial charge is 0.228 e. The maximum absolute atomic E-state index is 5.38. The predicted molar refractivity (Wildman–Crippen MR) is 234 cm³/mol. The molecule has 0 spiro atoms. The molecule has 2 heteroatoms. The lowest BCUT2D eigenvalue weighted by Gasteiger charge is -2.22. The fraction of sp³-hybridized carbons (Fsp3) is 0.111. The van der Waals surface area contributed by atoms with Crippen molar-refractivity contribution in [1.82, 2.24) is 9.97 Å². The van der Waals surface area contributed by atoms with Gasteiger partial charge in [0.15, 0.2) is 5.82 Å². The second-order valence-electron chi connectivity index (χ2n) is 16.6. The second-order valence-corrected chi connectivity index (χ2v) is 16.6. The topological polar surface area (TPSA) is 25.8 Å². The molecule has 2 nitrogen and oxygen atoms in total. The van der Waals surface area contributed by atoms with Crippen LogP contribution in [-0.2, 0) is 10.8 Å². The van der Waals surface area contributed by atoms with Crippen molar-refractivity contribution in [2.75, 3.05) is 0 Å². The molecule has 0 amide bonds. The molecule has 0 saturated carbocycles. The maximum Gasteiger partial charge on any atom is 0.161 e. The molecule has 0 unspecified atom stereocenters. The minimum atomic E-state index is -0.113. The van der Waals surface area contributed by atoms with Crippen molar-refractivity contribution in [3.05, 3.63) is 192 Å². The van der Waals surface area contributed by atoms with Crippen LogP contribution in [0.2, 0.25) is 0 Å². The van der Waals surface area contributed by atoms with Gasteiger partial charge >= 0.3 is 0 Å². The summed E-state index contributed by atoms with van der Waals surface area (Å²) in [5.74, 6) is 0.727. The molecule has 0 aliphatic heterocycles. The minimum Gasteiger partial charge on any atom is -0.228 e. The van der Waals surface area contributed by atoms with E-state index in [0.29, 0.717) is 0 Å². The lowest BCUT2D eigenvalue weighted by atomic mass is 9.81. The van der Waals surface area contributed by atoms with Gasteiger partial charge in [-0.15, -0.1) is 0 Å². The molecule has 0 bridgehead atoms. The van der Waals surface area contributed by atoms with Crippen LogP contribution in [-0.4, -0.2) is 9.97 Å². The number of benzene rings is 8. The molecule has 8 aromatic carbocycles. The highest BCUT2D eigenvalue weighted by Gasteiger charge is 2.37. The number of hydrogen-bond acceptors (Lipinski definition) is 2. The summed E-state index contributed by atoms with van der Waals surface area (Å²) in [6.07, 6.45) is 0. The Morgan fingerprint density at radius 2 is 0.821 bits per heavy atom. The number of rotatable bonds is 4. The molecule has 11 rings (SSSR count). The van der Waals surface area contributed by atoms with Crippen LogP contribution in [0.3, 0.4) is 0 Å². The van der Waals surface area contributed by atoms with Crippen LogP contribution in [0.5, 0.6) is 0 Å². The van der Waals surface area contributed by atoms with Gasteiger partial charge in [-0.1, -0.05) is 161 Å². The standard InChI is InChI=1S/C54H40N2/c1-53(2)46-21-13-12-20-41(46)42-25-23-37(31-48(42)53)51-32-50(33-14-6-5-7-15-33)55-52(56-51)44-27-26-38(39-18-10-11-19-40(39)44)36-22-24-43-45-28-34-16-8-9-17-35(34)29-49(45)54(3,4)47(43)30-36/h5-32H,1-4H3. The zero-order valence-electron chi connectivity index (χ0n) is 32.1. The SMILES string of the molecule is CC1(C)c2ccccc2-c2ccc(-c3cc(-c4ccccc4)nc(-c4ccc(-c5ccc6c(c5)C(C)(C)c5cc7ccccc7cc5-6)c5ccccc45)n3)cc21. The fourth-order valence-corrected chi connectivity index (χ4v) is 9.67. The van der Waals surface area contributed by atoms with E-state index in [2.05, 4.69) is 198 Å². The number of aromatic nitrogens is 2. The highest BCUT2D eigenvalue weighted by molar-refractivity contribution is 6.05. The Kier molecular flexibility index (Phi) is 6.98. The highest BCUT2D eigenvalue weighted by atomic mass is 14.9. The zero-order valence-corrected chi connectivity index (χ0v) is 32.1. The molecule has 2 aliphatic rings. The first kappa shape index (κ1) is 32.8. The third-order valence-corrected chi connectivity index (χ3v) is 12.7. The minimum absolute atomic E-state index is 0.101. The Hall–Kier alpha value is -6.64. The third kappa shape index (κ3) is 4.82. The molecule has 2 aliphatic carbocycles. The molecule has 0 saturated heterocycles. The molecule has 1 aromatic heterocycles. The number of nitrogens with zero attached hydrogens (tertiary/aromatic N) is 2. The average Bonchev–Trinajstić information content (AvgIpc) is 3.60. The summed E-state index contributed by atoms with van der Waals surface area (Å²) in [5, 5.41) is 4.91. The van der Waals surface area contributed by atoms with Gasteiger partial charge < -0.3 is 0 Å². The van der Waals surface area contributed by atoms with Crippen molar-refractivity contribution >= 4 is 21.5 Å². The van der Waals surface area contributed by atoms with E-state index in [-0.39, 0.29) is 10.8 Å². The van der Waals surface area contributed by atoms with Gasteiger partial charge in [-0.05, 0) is 114 Å². The first-order valence-corrected chi connectivity index (χ1v) is 19.7. The fourth-order valence-electron chi connectivity index (χ4n) is 9.67. The Labute approximate surface area is 328 Å². The normalized spacial score (nSPS) is 14.4. The molecular weight excluding hydrogens is 677 g/mol. The molecular formula is C54H40N2. The van der Waals surface area contributed by atoms with E-state index in [1.54, 1.807) is 0 Å². The third-order valence-electron chi connectivity index (χ3n) is 12.7. The van der Waals surface area contributed by atoms with Crippen LogP contribution < -0.4 is 0 Å². The van der Waals surface area contributed by atoms with E-state index < -0.39 is 0 Å². The number of fused-ring (bicyclic) bond motifs is 8. The van der Waals surface area contributed by atoms with Gasteiger partial charge in [0.1, 0.15) is 0 Å². The molecule has 0 N–H and O–H groups in total. The van der Waals surface area contributed by atoms with Gasteiger partial charge in [-0.2, -0.15) is 0 Å². The van der Waals surface area contributed by atoms with Crippen LogP contribution >= 0.6 is 0 Å². The Bertz CT molecular complexity index is 3080. The lowest BCUT2D eigenvalue weighted by Crippen LogP contribution is -2.15. The van der Waals surface area contributed by atoms with Crippen LogP contribution in [0.4, 0.5) is 0 Å². The predicted octanol–water partition coefficient (Wildman–Crippen LogP) is 14.1. The van der Waals surface area contributed by atoms with E-state index in [1.165, 1.54) is 71.8 Å². The smallest absolute Gasteiger partial charge is 0.161 e. The van der Waals surface area contributed by atoms with Gasteiger partial charge in [0.2, 0.25) is 0 Å². The lowest BCUT2D eigenvalue weighted by molar-refractivity contribution is 0.660. The van der Waals surface area contributed by atoms with Gasteiger partial charge in [-0.3, -0.25) is 0 Å². The summed E-state index contributed by atoms with van der Waals surface area (Å²) in [6.45, 7) is 9.40. The zero-order chi connectivity index (χ0) is 37.8. The molecule has 0 atom stereocenters. The van der Waals surface area contributed by atoms with Crippen LogP contribution in [0, 0.1) is 0 Å². The Balaban J connectivity index is 1.05. The van der Waals surface area contributed by atoms with E-state index in [4.69, 9.17) is 9.97 Å². The van der Waals surface area contributed by atoms with E-state index in [1.807, 2.05) is 0 Å². The summed E-state index contributed by atoms with van der Waals surface area (Å²) in [4.78, 5) is 10.7. The highest BCUT2D eigenvalue weighted by Crippen LogP contribution is 2.52. The molecule has 0 radical (unpaired) electrons. The summed E-state index contributed by atoms with van der Waals surface area (Å²) in [5.41, 5.74) is 18.0. The van der Waals surface area contributed by atoms with Crippen molar-refractivity contribution < 1.29 is 0 Å². The van der Waals surface area contributed by atoms with Gasteiger partial charge in [0.05, 0.1) is 11.4 Å². The maximum atomic E-state index is 5.38. The van der Waals surface area contributed by atoms with Crippen LogP contribution in [0.1, 0.15) is 49.9 Å². The van der Waals surface area contributed by atoms with Crippen LogP contribution in [0.15, 0.2) is 170 Å². The summed E-state index contributed by atoms with van der Waals surface area (Å²) >= 11 is 0. The van der Waals surface area contributed by atoms with Crippen molar-refractivity contribution in [2.24, 2.45) is 0 Å². The summed E-state index contributed by atoms with van der Waals surface area (Å²) in [7, 11) is 0. The first-order valence-electron chi connectivity index (χ1n) is 19.7. The molecule has 1 heterocycles. The van der Waals surface area contributed by atoms with Crippen molar-refractivity contribution in [3.63, 3.8) is 0 Å². The molecule has 9 aromatic rings. The quantitative estimate of drug-likeness (QED) is 0.181. The van der Waals surface area contributed by atoms with Gasteiger partial charge in [0.25, 0.3) is 0 Å². The number of hydrogen-bond donors (Lipinski definition) is 0. The Morgan fingerprint density at radius 1 is 0.321 bits per heavy atom. The molecule has 56 heavy (non-hydrogen) atoms. The second kappa shape index (κ2) is 11.9. The van der Waals surface area contributed by atoms with E-state index >= 15 is 0 Å². The molecule has 266 valence electrons. The van der Waals surface area contributed by atoms with Gasteiger partial charge in [0, 0.05) is 27.5 Å².